The van der Waals surface area contributed by atoms with Crippen molar-refractivity contribution in [3.63, 3.8) is 0 Å². The van der Waals surface area contributed by atoms with Crippen LogP contribution in [-0.4, -0.2) is 23.3 Å². The van der Waals surface area contributed by atoms with E-state index in [1.165, 1.54) is 5.56 Å². The molecule has 2 nitrogen and oxygen atoms in total. The van der Waals surface area contributed by atoms with Crippen molar-refractivity contribution in [2.24, 2.45) is 0 Å². The number of Topliss-reactive ketones (excluding diaryl/α,β-unsaturated/α-hetero) is 1. The van der Waals surface area contributed by atoms with Gasteiger partial charge in [0.15, 0.2) is 5.78 Å². The molecule has 0 radical (unpaired) electrons. The second kappa shape index (κ2) is 5.46. The van der Waals surface area contributed by atoms with Crippen molar-refractivity contribution in [1.82, 2.24) is 4.90 Å². The molecule has 1 aromatic rings. The smallest absolute Gasteiger partial charge is 0.162 e. The largest absolute Gasteiger partial charge is 0.297 e. The number of benzene rings is 1. The molecule has 0 saturated heterocycles. The number of rotatable bonds is 4. The highest BCUT2D eigenvalue weighted by molar-refractivity contribution is 5.95. The minimum Gasteiger partial charge on any atom is -0.297 e. The number of hydrogen-bond donors (Lipinski definition) is 0. The number of ketones is 1. The van der Waals surface area contributed by atoms with Gasteiger partial charge in [-0.2, -0.15) is 0 Å². The quantitative estimate of drug-likeness (QED) is 0.742. The Morgan fingerprint density at radius 3 is 2.12 bits per heavy atom. The molecular formula is C15H23NO. The minimum atomic E-state index is 0.165. The molecule has 0 aliphatic carbocycles. The summed E-state index contributed by atoms with van der Waals surface area (Å²) >= 11 is 0. The van der Waals surface area contributed by atoms with Crippen molar-refractivity contribution >= 4 is 5.78 Å². The van der Waals surface area contributed by atoms with Gasteiger partial charge in [-0.3, -0.25) is 9.69 Å². The van der Waals surface area contributed by atoms with Gasteiger partial charge in [-0.15, -0.1) is 0 Å². The van der Waals surface area contributed by atoms with Crippen LogP contribution in [0.2, 0.25) is 0 Å². The molecule has 0 bridgehead atoms. The Hall–Kier alpha value is -1.15. The molecule has 0 saturated carbocycles. The van der Waals surface area contributed by atoms with Gasteiger partial charge in [-0.1, -0.05) is 31.2 Å². The highest BCUT2D eigenvalue weighted by Gasteiger charge is 2.16. The van der Waals surface area contributed by atoms with E-state index < -0.39 is 0 Å². The monoisotopic (exact) mass is 233 g/mol. The molecule has 0 atom stereocenters. The molecule has 17 heavy (non-hydrogen) atoms. The van der Waals surface area contributed by atoms with Crippen molar-refractivity contribution in [2.75, 3.05) is 7.05 Å². The first-order chi connectivity index (χ1) is 7.84. The van der Waals surface area contributed by atoms with Crippen LogP contribution in [0.5, 0.6) is 0 Å². The van der Waals surface area contributed by atoms with E-state index in [0.29, 0.717) is 6.42 Å². The molecule has 0 spiro atoms. The van der Waals surface area contributed by atoms with Crippen molar-refractivity contribution in [1.29, 1.82) is 0 Å². The Kier molecular flexibility index (Phi) is 4.47. The molecule has 1 rings (SSSR count). The first-order valence-electron chi connectivity index (χ1n) is 6.18. The zero-order chi connectivity index (χ0) is 13.1. The SMILES string of the molecule is CCC(=O)c1ccc(CN(C)C(C)(C)C)cc1. The van der Waals surface area contributed by atoms with Crippen LogP contribution >= 0.6 is 0 Å². The molecule has 0 heterocycles. The molecule has 0 amide bonds. The standard InChI is InChI=1S/C15H23NO/c1-6-14(17)13-9-7-12(8-10-13)11-16(5)15(2,3)4/h7-10H,6,11H2,1-5H3. The van der Waals surface area contributed by atoms with Crippen LogP contribution in [0.4, 0.5) is 0 Å². The molecule has 0 fully saturated rings. The zero-order valence-electron chi connectivity index (χ0n) is 11.6. The molecule has 0 aromatic heterocycles. The Balaban J connectivity index is 2.72. The Bertz CT molecular complexity index is 373. The predicted molar refractivity (Wildman–Crippen MR) is 72.3 cm³/mol. The summed E-state index contributed by atoms with van der Waals surface area (Å²) in [5.41, 5.74) is 2.22. The average Bonchev–Trinajstić information content (AvgIpc) is 2.27. The summed E-state index contributed by atoms with van der Waals surface area (Å²) in [7, 11) is 2.12. The normalized spacial score (nSPS) is 11.9. The zero-order valence-corrected chi connectivity index (χ0v) is 11.6. The van der Waals surface area contributed by atoms with Gasteiger partial charge in [0.25, 0.3) is 0 Å². The van der Waals surface area contributed by atoms with Crippen LogP contribution in [0, 0.1) is 0 Å². The molecule has 2 heteroatoms. The third-order valence-corrected chi connectivity index (χ3v) is 3.16. The molecule has 1 aromatic carbocycles. The van der Waals surface area contributed by atoms with Gasteiger partial charge in [0, 0.05) is 24.1 Å². The highest BCUT2D eigenvalue weighted by Crippen LogP contribution is 2.15. The molecule has 0 unspecified atom stereocenters. The molecule has 0 N–H and O–H groups in total. The van der Waals surface area contributed by atoms with Crippen LogP contribution in [0.25, 0.3) is 0 Å². The first-order valence-corrected chi connectivity index (χ1v) is 6.18. The Morgan fingerprint density at radius 1 is 1.18 bits per heavy atom. The minimum absolute atomic E-state index is 0.165. The highest BCUT2D eigenvalue weighted by atomic mass is 16.1. The lowest BCUT2D eigenvalue weighted by atomic mass is 10.0. The molecule has 0 aliphatic rings. The topological polar surface area (TPSA) is 20.3 Å². The fourth-order valence-electron chi connectivity index (χ4n) is 1.51. The lowest BCUT2D eigenvalue weighted by Crippen LogP contribution is -2.37. The summed E-state index contributed by atoms with van der Waals surface area (Å²) in [5, 5.41) is 0. The second-order valence-corrected chi connectivity index (χ2v) is 5.50. The van der Waals surface area contributed by atoms with Crippen LogP contribution in [0.3, 0.4) is 0 Å². The Morgan fingerprint density at radius 2 is 1.71 bits per heavy atom. The van der Waals surface area contributed by atoms with Crippen LogP contribution in [0.15, 0.2) is 24.3 Å². The second-order valence-electron chi connectivity index (χ2n) is 5.50. The maximum Gasteiger partial charge on any atom is 0.162 e. The summed E-state index contributed by atoms with van der Waals surface area (Å²) in [4.78, 5) is 13.8. The van der Waals surface area contributed by atoms with Crippen molar-refractivity contribution in [2.45, 2.75) is 46.2 Å². The summed E-state index contributed by atoms with van der Waals surface area (Å²) < 4.78 is 0. The average molecular weight is 233 g/mol. The lowest BCUT2D eigenvalue weighted by Gasteiger charge is -2.31. The third kappa shape index (κ3) is 3.97. The fourth-order valence-corrected chi connectivity index (χ4v) is 1.51. The summed E-state index contributed by atoms with van der Waals surface area (Å²) in [5.74, 6) is 0.209. The van der Waals surface area contributed by atoms with Crippen molar-refractivity contribution in [3.8, 4) is 0 Å². The van der Waals surface area contributed by atoms with Gasteiger partial charge < -0.3 is 0 Å². The van der Waals surface area contributed by atoms with E-state index >= 15 is 0 Å². The van der Waals surface area contributed by atoms with E-state index in [-0.39, 0.29) is 11.3 Å². The van der Waals surface area contributed by atoms with Gasteiger partial charge in [0.05, 0.1) is 0 Å². The maximum atomic E-state index is 11.5. The van der Waals surface area contributed by atoms with E-state index in [0.717, 1.165) is 12.1 Å². The molecule has 94 valence electrons. The number of carbonyl (C=O) groups excluding carboxylic acids is 1. The summed E-state index contributed by atoms with van der Waals surface area (Å²) in [6, 6.07) is 7.95. The fraction of sp³-hybridized carbons (Fsp3) is 0.533. The van der Waals surface area contributed by atoms with E-state index in [1.54, 1.807) is 0 Å². The van der Waals surface area contributed by atoms with Crippen molar-refractivity contribution < 1.29 is 4.79 Å². The predicted octanol–water partition coefficient (Wildman–Crippen LogP) is 3.51. The number of hydrogen-bond acceptors (Lipinski definition) is 2. The Labute approximate surface area is 105 Å². The van der Waals surface area contributed by atoms with Gasteiger partial charge >= 0.3 is 0 Å². The van der Waals surface area contributed by atoms with Crippen LogP contribution in [-0.2, 0) is 6.54 Å². The van der Waals surface area contributed by atoms with Gasteiger partial charge in [-0.05, 0) is 33.4 Å². The van der Waals surface area contributed by atoms with Gasteiger partial charge in [0.2, 0.25) is 0 Å². The summed E-state index contributed by atoms with van der Waals surface area (Å²) in [6.07, 6.45) is 0.571. The lowest BCUT2D eigenvalue weighted by molar-refractivity contribution is 0.0988. The van der Waals surface area contributed by atoms with E-state index in [1.807, 2.05) is 31.2 Å². The first kappa shape index (κ1) is 13.9. The molecular weight excluding hydrogens is 210 g/mol. The van der Waals surface area contributed by atoms with E-state index in [9.17, 15) is 4.79 Å². The number of carbonyl (C=O) groups is 1. The third-order valence-electron chi connectivity index (χ3n) is 3.16. The van der Waals surface area contributed by atoms with Gasteiger partial charge in [0.1, 0.15) is 0 Å². The van der Waals surface area contributed by atoms with Crippen molar-refractivity contribution in [3.05, 3.63) is 35.4 Å². The van der Waals surface area contributed by atoms with Crippen LogP contribution < -0.4 is 0 Å². The van der Waals surface area contributed by atoms with E-state index in [2.05, 4.69) is 32.7 Å². The van der Waals surface area contributed by atoms with Gasteiger partial charge in [-0.25, -0.2) is 0 Å². The summed E-state index contributed by atoms with van der Waals surface area (Å²) in [6.45, 7) is 9.39. The maximum absolute atomic E-state index is 11.5. The van der Waals surface area contributed by atoms with Crippen LogP contribution in [0.1, 0.15) is 50.0 Å². The van der Waals surface area contributed by atoms with E-state index in [4.69, 9.17) is 0 Å². The molecule has 0 aliphatic heterocycles. The number of nitrogens with zero attached hydrogens (tertiary/aromatic N) is 1.